The zero-order valence-corrected chi connectivity index (χ0v) is 17.0. The van der Waals surface area contributed by atoms with Crippen LogP contribution in [0, 0.1) is 23.2 Å². The maximum absolute atomic E-state index is 12.5. The van der Waals surface area contributed by atoms with Crippen molar-refractivity contribution in [3.8, 4) is 0 Å². The van der Waals surface area contributed by atoms with E-state index in [-0.39, 0.29) is 17.6 Å². The van der Waals surface area contributed by atoms with Gasteiger partial charge in [0.25, 0.3) is 0 Å². The number of carbonyl (C=O) groups excluding carboxylic acids is 3. The molecule has 0 saturated heterocycles. The highest BCUT2D eigenvalue weighted by Gasteiger charge is 2.59. The predicted octanol–water partition coefficient (Wildman–Crippen LogP) is 0.539. The summed E-state index contributed by atoms with van der Waals surface area (Å²) in [6.45, 7) is 6.53. The van der Waals surface area contributed by atoms with Crippen LogP contribution in [0.15, 0.2) is 23.8 Å². The van der Waals surface area contributed by atoms with Crippen molar-refractivity contribution in [2.75, 3.05) is 13.7 Å². The number of fused-ring (bicyclic) bond motifs is 1. The molecule has 0 aromatic heterocycles. The molecule has 2 aliphatic carbocycles. The number of carbonyl (C=O) groups is 3. The van der Waals surface area contributed by atoms with Crippen LogP contribution in [-0.4, -0.2) is 65.6 Å². The van der Waals surface area contributed by atoms with E-state index in [9.17, 15) is 29.7 Å². The second-order valence-corrected chi connectivity index (χ2v) is 8.08. The Balaban J connectivity index is 2.48. The molecule has 2 rings (SSSR count). The Morgan fingerprint density at radius 3 is 2.41 bits per heavy atom. The number of hydrogen-bond donors (Lipinski definition) is 3. The largest absolute Gasteiger partial charge is 0.466 e. The molecule has 7 atom stereocenters. The van der Waals surface area contributed by atoms with Crippen molar-refractivity contribution in [1.82, 2.24) is 0 Å². The smallest absolute Gasteiger partial charge is 0.336 e. The summed E-state index contributed by atoms with van der Waals surface area (Å²) in [4.78, 5) is 36.3. The van der Waals surface area contributed by atoms with E-state index >= 15 is 0 Å². The van der Waals surface area contributed by atoms with E-state index in [4.69, 9.17) is 9.47 Å². The van der Waals surface area contributed by atoms with Crippen LogP contribution in [0.4, 0.5) is 0 Å². The SMILES string of the molecule is C=C(C(=O)OC)C1C(OC(=O)C(=CC)CO)CC2(C)C(O)CCC(C=O)C2C1O. The summed E-state index contributed by atoms with van der Waals surface area (Å²) in [5.41, 5.74) is -0.948. The van der Waals surface area contributed by atoms with Crippen molar-refractivity contribution in [3.63, 3.8) is 0 Å². The van der Waals surface area contributed by atoms with Crippen LogP contribution in [0.1, 0.15) is 33.1 Å². The third-order valence-corrected chi connectivity index (χ3v) is 6.60. The van der Waals surface area contributed by atoms with Crippen molar-refractivity contribution < 1.29 is 39.2 Å². The molecular formula is C21H30O8. The van der Waals surface area contributed by atoms with Gasteiger partial charge in [0.15, 0.2) is 0 Å². The molecule has 8 nitrogen and oxygen atoms in total. The molecular weight excluding hydrogens is 380 g/mol. The van der Waals surface area contributed by atoms with E-state index in [1.807, 2.05) is 0 Å². The summed E-state index contributed by atoms with van der Waals surface area (Å²) >= 11 is 0. The highest BCUT2D eigenvalue weighted by molar-refractivity contribution is 5.90. The minimum atomic E-state index is -1.26. The van der Waals surface area contributed by atoms with Gasteiger partial charge in [0.1, 0.15) is 12.4 Å². The lowest BCUT2D eigenvalue weighted by Crippen LogP contribution is -2.61. The molecule has 2 saturated carbocycles. The Morgan fingerprint density at radius 1 is 1.24 bits per heavy atom. The highest BCUT2D eigenvalue weighted by atomic mass is 16.5. The van der Waals surface area contributed by atoms with E-state index in [1.165, 1.54) is 13.2 Å². The molecule has 0 aromatic rings. The highest BCUT2D eigenvalue weighted by Crippen LogP contribution is 2.55. The molecule has 0 bridgehead atoms. The number of aliphatic hydroxyl groups is 3. The van der Waals surface area contributed by atoms with Crippen LogP contribution in [0.5, 0.6) is 0 Å². The molecule has 0 heterocycles. The maximum atomic E-state index is 12.5. The van der Waals surface area contributed by atoms with Crippen LogP contribution in [0.2, 0.25) is 0 Å². The van der Waals surface area contributed by atoms with Crippen LogP contribution < -0.4 is 0 Å². The number of ether oxygens (including phenoxy) is 2. The van der Waals surface area contributed by atoms with Crippen molar-refractivity contribution in [2.24, 2.45) is 23.2 Å². The van der Waals surface area contributed by atoms with Gasteiger partial charge in [-0.2, -0.15) is 0 Å². The zero-order chi connectivity index (χ0) is 21.9. The summed E-state index contributed by atoms with van der Waals surface area (Å²) in [5.74, 6) is -3.69. The first kappa shape index (κ1) is 23.3. The number of hydrogen-bond acceptors (Lipinski definition) is 8. The Labute approximate surface area is 170 Å². The van der Waals surface area contributed by atoms with Crippen LogP contribution >= 0.6 is 0 Å². The fourth-order valence-corrected chi connectivity index (χ4v) is 4.94. The Morgan fingerprint density at radius 2 is 1.90 bits per heavy atom. The summed E-state index contributed by atoms with van der Waals surface area (Å²) in [6, 6.07) is 0. The molecule has 162 valence electrons. The van der Waals surface area contributed by atoms with Gasteiger partial charge >= 0.3 is 11.9 Å². The average molecular weight is 410 g/mol. The number of methoxy groups -OCH3 is 1. The van der Waals surface area contributed by atoms with Crippen molar-refractivity contribution in [1.29, 1.82) is 0 Å². The molecule has 0 aromatic carbocycles. The van der Waals surface area contributed by atoms with Crippen LogP contribution in [0.3, 0.4) is 0 Å². The summed E-state index contributed by atoms with van der Waals surface area (Å²) < 4.78 is 10.3. The quantitative estimate of drug-likeness (QED) is 0.329. The van der Waals surface area contributed by atoms with Crippen LogP contribution in [-0.2, 0) is 23.9 Å². The molecule has 0 amide bonds. The van der Waals surface area contributed by atoms with Gasteiger partial charge in [-0.05, 0) is 26.2 Å². The van der Waals surface area contributed by atoms with E-state index in [0.29, 0.717) is 12.8 Å². The molecule has 0 aliphatic heterocycles. The minimum Gasteiger partial charge on any atom is -0.466 e. The summed E-state index contributed by atoms with van der Waals surface area (Å²) in [5, 5.41) is 31.2. The minimum absolute atomic E-state index is 0.0316. The normalized spacial score (nSPS) is 37.2. The predicted molar refractivity (Wildman–Crippen MR) is 102 cm³/mol. The summed E-state index contributed by atoms with van der Waals surface area (Å²) in [6.07, 6.45) is 0.0273. The van der Waals surface area contributed by atoms with Crippen molar-refractivity contribution in [3.05, 3.63) is 23.8 Å². The lowest BCUT2D eigenvalue weighted by molar-refractivity contribution is -0.197. The molecule has 8 heteroatoms. The molecule has 0 radical (unpaired) electrons. The Kier molecular flexibility index (Phi) is 7.37. The van der Waals surface area contributed by atoms with Crippen molar-refractivity contribution >= 4 is 18.2 Å². The topological polar surface area (TPSA) is 130 Å². The summed E-state index contributed by atoms with van der Waals surface area (Å²) in [7, 11) is 1.18. The lowest BCUT2D eigenvalue weighted by Gasteiger charge is -2.56. The molecule has 3 N–H and O–H groups in total. The van der Waals surface area contributed by atoms with Gasteiger partial charge in [-0.1, -0.05) is 19.6 Å². The van der Waals surface area contributed by atoms with Gasteiger partial charge in [-0.15, -0.1) is 0 Å². The van der Waals surface area contributed by atoms with E-state index < -0.39 is 60.0 Å². The van der Waals surface area contributed by atoms with E-state index in [2.05, 4.69) is 6.58 Å². The van der Waals surface area contributed by atoms with Gasteiger partial charge in [-0.25, -0.2) is 9.59 Å². The molecule has 0 spiro atoms. The van der Waals surface area contributed by atoms with Gasteiger partial charge in [-0.3, -0.25) is 0 Å². The van der Waals surface area contributed by atoms with Gasteiger partial charge in [0.2, 0.25) is 0 Å². The van der Waals surface area contributed by atoms with Gasteiger partial charge in [0, 0.05) is 22.8 Å². The number of aldehydes is 1. The average Bonchev–Trinajstić information content (AvgIpc) is 2.69. The fraction of sp³-hybridized carbons (Fsp3) is 0.667. The molecule has 2 aliphatic rings. The number of allylic oxidation sites excluding steroid dienone is 1. The van der Waals surface area contributed by atoms with E-state index in [1.54, 1.807) is 13.8 Å². The first-order valence-corrected chi connectivity index (χ1v) is 9.71. The maximum Gasteiger partial charge on any atom is 0.336 e. The molecule has 29 heavy (non-hydrogen) atoms. The Hall–Kier alpha value is -2.03. The number of rotatable bonds is 6. The van der Waals surface area contributed by atoms with Crippen LogP contribution in [0.25, 0.3) is 0 Å². The Bertz CT molecular complexity index is 699. The molecule has 7 unspecified atom stereocenters. The first-order valence-electron chi connectivity index (χ1n) is 9.71. The van der Waals surface area contributed by atoms with Crippen molar-refractivity contribution in [2.45, 2.75) is 51.4 Å². The first-order chi connectivity index (χ1) is 13.7. The third-order valence-electron chi connectivity index (χ3n) is 6.60. The number of esters is 2. The lowest BCUT2D eigenvalue weighted by atomic mass is 9.51. The zero-order valence-electron chi connectivity index (χ0n) is 17.0. The monoisotopic (exact) mass is 410 g/mol. The van der Waals surface area contributed by atoms with Gasteiger partial charge in [0.05, 0.1) is 37.4 Å². The van der Waals surface area contributed by atoms with Gasteiger partial charge < -0.3 is 29.6 Å². The second-order valence-electron chi connectivity index (χ2n) is 8.08. The van der Waals surface area contributed by atoms with E-state index in [0.717, 1.165) is 6.29 Å². The number of aliphatic hydroxyl groups excluding tert-OH is 3. The third kappa shape index (κ3) is 4.15. The standard InChI is InChI=1S/C21H30O8/c1-5-12(9-22)20(27)29-14-8-21(3)15(24)7-6-13(10-23)17(21)18(25)16(14)11(2)19(26)28-4/h5,10,13-18,22,24-25H,2,6-9H2,1,3-4H3. The fourth-order valence-electron chi connectivity index (χ4n) is 4.94. The second kappa shape index (κ2) is 9.19. The molecule has 2 fully saturated rings.